The molecule has 0 aromatic heterocycles. The Kier molecular flexibility index (Phi) is 7.83. The molecule has 31 heavy (non-hydrogen) atoms. The second-order valence-corrected chi connectivity index (χ2v) is 15.9. The number of rotatable bonds is 10. The molecule has 1 aromatic carbocycles. The summed E-state index contributed by atoms with van der Waals surface area (Å²) in [6.07, 6.45) is 5.67. The topological polar surface area (TPSA) is 38.8 Å². The molecule has 2 aliphatic heterocycles. The van der Waals surface area contributed by atoms with Crippen molar-refractivity contribution in [3.63, 3.8) is 0 Å². The largest absolute Gasteiger partial charge is 0.416 e. The normalized spacial score (nSPS) is 27.1. The Morgan fingerprint density at radius 1 is 1.19 bits per heavy atom. The van der Waals surface area contributed by atoms with Gasteiger partial charge >= 0.3 is 0 Å². The fourth-order valence-electron chi connectivity index (χ4n) is 5.12. The number of ketones is 1. The molecule has 5 heteroatoms. The number of fused-ring (bicyclic) bond motifs is 2. The van der Waals surface area contributed by atoms with E-state index in [-0.39, 0.29) is 16.7 Å². The number of unbranched alkanes of at least 4 members (excludes halogenated alkanes) is 1. The zero-order valence-electron chi connectivity index (χ0n) is 20.6. The van der Waals surface area contributed by atoms with Crippen LogP contribution in [0.1, 0.15) is 71.8 Å². The Morgan fingerprint density at radius 2 is 1.90 bits per heavy atom. The summed E-state index contributed by atoms with van der Waals surface area (Å²) in [6.45, 7) is 16.0. The van der Waals surface area contributed by atoms with Crippen molar-refractivity contribution in [1.82, 2.24) is 4.90 Å². The molecule has 0 N–H and O–H groups in total. The summed E-state index contributed by atoms with van der Waals surface area (Å²) in [5.74, 6) is 0.411. The average Bonchev–Trinajstić information content (AvgIpc) is 2.87. The lowest BCUT2D eigenvalue weighted by molar-refractivity contribution is -0.131. The third kappa shape index (κ3) is 5.49. The summed E-state index contributed by atoms with van der Waals surface area (Å²) < 4.78 is 13.1. The monoisotopic (exact) mass is 445 g/mol. The zero-order chi connectivity index (χ0) is 22.7. The van der Waals surface area contributed by atoms with Crippen LogP contribution in [0, 0.1) is 0 Å². The van der Waals surface area contributed by atoms with E-state index in [0.29, 0.717) is 31.3 Å². The van der Waals surface area contributed by atoms with Crippen molar-refractivity contribution in [2.45, 2.75) is 109 Å². The van der Waals surface area contributed by atoms with Gasteiger partial charge in [0.1, 0.15) is 5.78 Å². The zero-order valence-corrected chi connectivity index (χ0v) is 21.6. The van der Waals surface area contributed by atoms with E-state index in [9.17, 15) is 4.79 Å². The molecule has 3 unspecified atom stereocenters. The van der Waals surface area contributed by atoms with Crippen molar-refractivity contribution in [1.29, 1.82) is 0 Å². The molecule has 2 fully saturated rings. The highest BCUT2D eigenvalue weighted by Crippen LogP contribution is 2.47. The minimum absolute atomic E-state index is 0.114. The quantitative estimate of drug-likeness (QED) is 0.417. The predicted octanol–water partition coefficient (Wildman–Crippen LogP) is 5.96. The van der Waals surface area contributed by atoms with Crippen LogP contribution in [-0.4, -0.2) is 49.8 Å². The molecule has 0 saturated carbocycles. The van der Waals surface area contributed by atoms with Crippen LogP contribution in [0.4, 0.5) is 0 Å². The molecular formula is C26H43NO3Si. The number of piperidine rings is 1. The number of carbonyl (C=O) groups excluding carboxylic acids is 1. The predicted molar refractivity (Wildman–Crippen MR) is 130 cm³/mol. The van der Waals surface area contributed by atoms with Crippen LogP contribution >= 0.6 is 0 Å². The van der Waals surface area contributed by atoms with Gasteiger partial charge < -0.3 is 9.16 Å². The minimum Gasteiger partial charge on any atom is -0.416 e. The fraction of sp³-hybridized carbons (Fsp3) is 0.731. The molecule has 174 valence electrons. The van der Waals surface area contributed by atoms with Crippen molar-refractivity contribution in [2.75, 3.05) is 13.2 Å². The lowest BCUT2D eigenvalue weighted by atomic mass is 9.81. The maximum absolute atomic E-state index is 12.7. The molecule has 4 nitrogen and oxygen atoms in total. The Balaban J connectivity index is 1.75. The van der Waals surface area contributed by atoms with Crippen molar-refractivity contribution < 1.29 is 14.0 Å². The molecule has 2 aliphatic rings. The summed E-state index contributed by atoms with van der Waals surface area (Å²) in [4.78, 5) is 15.3. The Hall–Kier alpha value is -1.01. The van der Waals surface area contributed by atoms with Crippen molar-refractivity contribution >= 4 is 14.1 Å². The first-order chi connectivity index (χ1) is 14.6. The van der Waals surface area contributed by atoms with Gasteiger partial charge in [0.2, 0.25) is 0 Å². The first-order valence-electron chi connectivity index (χ1n) is 12.2. The highest BCUT2D eigenvalue weighted by atomic mass is 28.4. The van der Waals surface area contributed by atoms with Crippen molar-refractivity contribution in [3.8, 4) is 0 Å². The second-order valence-electron chi connectivity index (χ2n) is 11.1. The summed E-state index contributed by atoms with van der Waals surface area (Å²) in [5.41, 5.74) is 1.04. The van der Waals surface area contributed by atoms with Gasteiger partial charge in [-0.3, -0.25) is 9.69 Å². The first-order valence-corrected chi connectivity index (χ1v) is 15.1. The third-order valence-corrected chi connectivity index (χ3v) is 12.5. The van der Waals surface area contributed by atoms with E-state index in [1.165, 1.54) is 5.56 Å². The van der Waals surface area contributed by atoms with Gasteiger partial charge in [-0.2, -0.15) is 0 Å². The van der Waals surface area contributed by atoms with E-state index in [0.717, 1.165) is 38.8 Å². The van der Waals surface area contributed by atoms with Crippen LogP contribution in [0.3, 0.4) is 0 Å². The Bertz CT molecular complexity index is 730. The van der Waals surface area contributed by atoms with Crippen LogP contribution in [0.2, 0.25) is 18.1 Å². The second kappa shape index (κ2) is 9.86. The Labute approximate surface area is 190 Å². The molecular weight excluding hydrogens is 402 g/mol. The Morgan fingerprint density at radius 3 is 2.55 bits per heavy atom. The first kappa shape index (κ1) is 24.6. The molecule has 3 rings (SSSR count). The molecule has 2 saturated heterocycles. The van der Waals surface area contributed by atoms with Gasteiger partial charge in [0.25, 0.3) is 0 Å². The SMILES string of the molecule is CCCCC12CC(=O)CC(CC1OCc1ccccc1)N2CCO[Si](C)(C)C(C)(C)C. The van der Waals surface area contributed by atoms with Gasteiger partial charge in [-0.25, -0.2) is 0 Å². The summed E-state index contributed by atoms with van der Waals surface area (Å²) in [6, 6.07) is 10.7. The lowest BCUT2D eigenvalue weighted by Crippen LogP contribution is -2.58. The highest BCUT2D eigenvalue weighted by Gasteiger charge is 2.57. The third-order valence-electron chi connectivity index (χ3n) is 7.92. The molecule has 2 heterocycles. The van der Waals surface area contributed by atoms with E-state index in [1.54, 1.807) is 0 Å². The van der Waals surface area contributed by atoms with Gasteiger partial charge in [0, 0.05) is 32.0 Å². The van der Waals surface area contributed by atoms with Crippen LogP contribution in [0.5, 0.6) is 0 Å². The number of ether oxygens (including phenoxy) is 1. The molecule has 0 spiro atoms. The highest BCUT2D eigenvalue weighted by molar-refractivity contribution is 6.74. The number of benzene rings is 1. The summed E-state index contributed by atoms with van der Waals surface area (Å²) in [7, 11) is -1.78. The maximum atomic E-state index is 12.7. The molecule has 1 aromatic rings. The van der Waals surface area contributed by atoms with Gasteiger partial charge in [-0.05, 0) is 36.5 Å². The standard InChI is InChI=1S/C26H43NO3Si/c1-7-8-14-26-19-23(28)17-22(18-24(26)29-20-21-12-10-9-11-13-21)27(26)15-16-30-31(5,6)25(2,3)4/h9-13,22,24H,7-8,14-20H2,1-6H3. The van der Waals surface area contributed by atoms with Crippen LogP contribution < -0.4 is 0 Å². The number of Topliss-reactive ketones (excluding diaryl/α,β-unsaturated/α-hetero) is 1. The van der Waals surface area contributed by atoms with E-state index in [2.05, 4.69) is 70.0 Å². The lowest BCUT2D eigenvalue weighted by Gasteiger charge is -2.47. The number of carbonyl (C=O) groups is 1. The number of nitrogens with zero attached hydrogens (tertiary/aromatic N) is 1. The minimum atomic E-state index is -1.78. The summed E-state index contributed by atoms with van der Waals surface area (Å²) >= 11 is 0. The van der Waals surface area contributed by atoms with E-state index in [1.807, 2.05) is 6.07 Å². The van der Waals surface area contributed by atoms with Gasteiger partial charge in [-0.1, -0.05) is 70.9 Å². The maximum Gasteiger partial charge on any atom is 0.192 e. The van der Waals surface area contributed by atoms with Gasteiger partial charge in [0.05, 0.1) is 18.2 Å². The average molecular weight is 446 g/mol. The van der Waals surface area contributed by atoms with Crippen LogP contribution in [0.15, 0.2) is 30.3 Å². The number of hydrogen-bond acceptors (Lipinski definition) is 4. The van der Waals surface area contributed by atoms with Crippen molar-refractivity contribution in [3.05, 3.63) is 35.9 Å². The van der Waals surface area contributed by atoms with Gasteiger partial charge in [-0.15, -0.1) is 0 Å². The van der Waals surface area contributed by atoms with Crippen LogP contribution in [-0.2, 0) is 20.6 Å². The molecule has 2 bridgehead atoms. The summed E-state index contributed by atoms with van der Waals surface area (Å²) in [5, 5.41) is 0.213. The smallest absolute Gasteiger partial charge is 0.192 e. The number of hydrogen-bond donors (Lipinski definition) is 0. The van der Waals surface area contributed by atoms with E-state index in [4.69, 9.17) is 9.16 Å². The molecule has 3 atom stereocenters. The van der Waals surface area contributed by atoms with E-state index < -0.39 is 8.32 Å². The fourth-order valence-corrected chi connectivity index (χ4v) is 6.15. The molecule has 0 amide bonds. The van der Waals surface area contributed by atoms with Gasteiger partial charge in [0.15, 0.2) is 8.32 Å². The molecule has 0 aliphatic carbocycles. The molecule has 0 radical (unpaired) electrons. The van der Waals surface area contributed by atoms with Crippen LogP contribution in [0.25, 0.3) is 0 Å². The van der Waals surface area contributed by atoms with Crippen molar-refractivity contribution in [2.24, 2.45) is 0 Å². The van der Waals surface area contributed by atoms with E-state index >= 15 is 0 Å².